The first-order valence-electron chi connectivity index (χ1n) is 10.7. The Morgan fingerprint density at radius 2 is 1.81 bits per heavy atom. The summed E-state index contributed by atoms with van der Waals surface area (Å²) in [6.07, 6.45) is 0.960. The molecule has 0 saturated heterocycles. The van der Waals surface area contributed by atoms with E-state index in [0.717, 1.165) is 22.0 Å². The summed E-state index contributed by atoms with van der Waals surface area (Å²) >= 11 is 1.50. The highest BCUT2D eigenvalue weighted by Crippen LogP contribution is 2.26. The molecule has 2 aromatic heterocycles. The fourth-order valence-electron chi connectivity index (χ4n) is 3.32. The number of rotatable bonds is 7. The van der Waals surface area contributed by atoms with Gasteiger partial charge in [0.25, 0.3) is 0 Å². The van der Waals surface area contributed by atoms with Crippen LogP contribution in [0, 0.1) is 6.92 Å². The first-order chi connectivity index (χ1) is 15.3. The highest BCUT2D eigenvalue weighted by Gasteiger charge is 2.14. The third-order valence-electron chi connectivity index (χ3n) is 5.22. The highest BCUT2D eigenvalue weighted by atomic mass is 32.1. The van der Waals surface area contributed by atoms with Gasteiger partial charge in [-0.2, -0.15) is 4.98 Å². The summed E-state index contributed by atoms with van der Waals surface area (Å²) in [6.45, 7) is 9.09. The molecule has 32 heavy (non-hydrogen) atoms. The average Bonchev–Trinajstić information content (AvgIpc) is 3.32. The molecular formula is C25H28N4O2S. The molecule has 1 amide bonds. The van der Waals surface area contributed by atoms with E-state index in [9.17, 15) is 4.79 Å². The Bertz CT molecular complexity index is 1200. The molecule has 1 N–H and O–H groups in total. The molecule has 0 atom stereocenters. The van der Waals surface area contributed by atoms with Crippen LogP contribution in [0.1, 0.15) is 44.7 Å². The van der Waals surface area contributed by atoms with E-state index in [2.05, 4.69) is 79.5 Å². The topological polar surface area (TPSA) is 68.5 Å². The molecule has 2 heterocycles. The minimum Gasteiger partial charge on any atom is -0.494 e. The molecule has 4 rings (SSSR count). The van der Waals surface area contributed by atoms with Crippen molar-refractivity contribution in [3.05, 3.63) is 65.0 Å². The number of amides is 1. The lowest BCUT2D eigenvalue weighted by atomic mass is 9.87. The monoisotopic (exact) mass is 448 g/mol. The van der Waals surface area contributed by atoms with Crippen LogP contribution in [-0.4, -0.2) is 27.1 Å². The van der Waals surface area contributed by atoms with Gasteiger partial charge in [-0.15, -0.1) is 16.4 Å². The third kappa shape index (κ3) is 5.16. The van der Waals surface area contributed by atoms with Gasteiger partial charge in [-0.3, -0.25) is 10.1 Å². The lowest BCUT2D eigenvalue weighted by molar-refractivity contribution is -0.116. The number of anilines is 1. The fourth-order valence-corrected chi connectivity index (χ4v) is 4.15. The molecule has 0 aliphatic heterocycles. The second-order valence-corrected chi connectivity index (χ2v) is 9.73. The van der Waals surface area contributed by atoms with Crippen LogP contribution in [-0.2, 0) is 10.2 Å². The number of thiazole rings is 1. The van der Waals surface area contributed by atoms with Crippen molar-refractivity contribution < 1.29 is 9.53 Å². The maximum absolute atomic E-state index is 12.3. The maximum atomic E-state index is 12.3. The third-order valence-corrected chi connectivity index (χ3v) is 6.03. The van der Waals surface area contributed by atoms with Crippen molar-refractivity contribution in [2.45, 2.75) is 46.0 Å². The molecule has 166 valence electrons. The van der Waals surface area contributed by atoms with Gasteiger partial charge in [0, 0.05) is 17.4 Å². The van der Waals surface area contributed by atoms with E-state index in [-0.39, 0.29) is 11.3 Å². The second-order valence-electron chi connectivity index (χ2n) is 8.89. The van der Waals surface area contributed by atoms with Crippen LogP contribution >= 0.6 is 11.3 Å². The predicted molar refractivity (Wildman–Crippen MR) is 130 cm³/mol. The zero-order chi connectivity index (χ0) is 22.7. The number of fused-ring (bicyclic) bond motifs is 1. The Labute approximate surface area is 192 Å². The van der Waals surface area contributed by atoms with Crippen LogP contribution in [0.5, 0.6) is 5.75 Å². The first kappa shape index (κ1) is 22.0. The Balaban J connectivity index is 1.28. The van der Waals surface area contributed by atoms with Gasteiger partial charge in [-0.25, -0.2) is 4.52 Å². The zero-order valence-corrected chi connectivity index (χ0v) is 19.7. The van der Waals surface area contributed by atoms with E-state index in [4.69, 9.17) is 4.74 Å². The number of ether oxygens (including phenoxy) is 1. The molecule has 0 saturated carbocycles. The molecule has 0 aliphatic rings. The van der Waals surface area contributed by atoms with Crippen molar-refractivity contribution in [1.29, 1.82) is 0 Å². The number of aryl methyl sites for hydroxylation is 1. The van der Waals surface area contributed by atoms with E-state index in [1.807, 2.05) is 17.5 Å². The number of benzene rings is 2. The fraction of sp³-hybridized carbons (Fsp3) is 0.320. The number of nitrogens with one attached hydrogen (secondary N) is 1. The van der Waals surface area contributed by atoms with Gasteiger partial charge < -0.3 is 4.74 Å². The van der Waals surface area contributed by atoms with Gasteiger partial charge in [-0.1, -0.05) is 62.7 Å². The van der Waals surface area contributed by atoms with Crippen LogP contribution in [0.2, 0.25) is 0 Å². The van der Waals surface area contributed by atoms with Gasteiger partial charge in [0.2, 0.25) is 16.8 Å². The van der Waals surface area contributed by atoms with Gasteiger partial charge in [0.1, 0.15) is 5.75 Å². The Hall–Kier alpha value is -3.19. The van der Waals surface area contributed by atoms with Crippen molar-refractivity contribution in [2.75, 3.05) is 11.9 Å². The molecule has 0 radical (unpaired) electrons. The lowest BCUT2D eigenvalue weighted by Gasteiger charge is -2.19. The summed E-state index contributed by atoms with van der Waals surface area (Å²) in [5, 5.41) is 9.29. The quantitative estimate of drug-likeness (QED) is 0.360. The van der Waals surface area contributed by atoms with Gasteiger partial charge >= 0.3 is 0 Å². The molecule has 0 unspecified atom stereocenters. The number of nitrogens with zero attached hydrogens (tertiary/aromatic N) is 3. The Kier molecular flexibility index (Phi) is 6.28. The molecule has 4 aromatic rings. The molecule has 0 spiro atoms. The van der Waals surface area contributed by atoms with Crippen molar-refractivity contribution in [3.63, 3.8) is 0 Å². The number of carbonyl (C=O) groups is 1. The lowest BCUT2D eigenvalue weighted by Crippen LogP contribution is -2.14. The molecule has 7 heteroatoms. The largest absolute Gasteiger partial charge is 0.494 e. The normalized spacial score (nSPS) is 11.6. The first-order valence-corrected chi connectivity index (χ1v) is 11.6. The predicted octanol–water partition coefficient (Wildman–Crippen LogP) is 5.86. The van der Waals surface area contributed by atoms with Crippen LogP contribution in [0.4, 0.5) is 5.95 Å². The van der Waals surface area contributed by atoms with Crippen LogP contribution < -0.4 is 10.1 Å². The van der Waals surface area contributed by atoms with Gasteiger partial charge in [0.05, 0.1) is 12.3 Å². The molecule has 0 fully saturated rings. The SMILES string of the molecule is Cc1ccc(-c2csc3nc(NC(=O)CCCOc4ccc(C(C)(C)C)cc4)nn23)cc1. The van der Waals surface area contributed by atoms with Crippen molar-refractivity contribution in [2.24, 2.45) is 0 Å². The molecule has 6 nitrogen and oxygen atoms in total. The van der Waals surface area contributed by atoms with Gasteiger partial charge in [0.15, 0.2) is 0 Å². The minimum atomic E-state index is -0.119. The number of hydrogen-bond acceptors (Lipinski definition) is 5. The standard InChI is InChI=1S/C25H28N4O2S/c1-17-7-9-18(10-8-17)21-16-32-24-27-23(28-29(21)24)26-22(30)6-5-15-31-20-13-11-19(12-14-20)25(2,3)4/h7-14,16H,5-6,15H2,1-4H3,(H,26,28,30). The summed E-state index contributed by atoms with van der Waals surface area (Å²) in [5.74, 6) is 1.03. The molecular weight excluding hydrogens is 420 g/mol. The van der Waals surface area contributed by atoms with E-state index < -0.39 is 0 Å². The van der Waals surface area contributed by atoms with Crippen LogP contribution in [0.25, 0.3) is 16.2 Å². The van der Waals surface area contributed by atoms with E-state index in [0.29, 0.717) is 25.4 Å². The maximum Gasteiger partial charge on any atom is 0.250 e. The molecule has 0 bridgehead atoms. The molecule has 0 aliphatic carbocycles. The smallest absolute Gasteiger partial charge is 0.250 e. The number of aromatic nitrogens is 3. The van der Waals surface area contributed by atoms with E-state index in [1.165, 1.54) is 22.5 Å². The van der Waals surface area contributed by atoms with Crippen LogP contribution in [0.15, 0.2) is 53.9 Å². The summed E-state index contributed by atoms with van der Waals surface area (Å²) in [7, 11) is 0. The van der Waals surface area contributed by atoms with Gasteiger partial charge in [-0.05, 0) is 36.5 Å². The van der Waals surface area contributed by atoms with Crippen molar-refractivity contribution >= 4 is 28.2 Å². The number of hydrogen-bond donors (Lipinski definition) is 1. The second kappa shape index (κ2) is 9.12. The van der Waals surface area contributed by atoms with E-state index >= 15 is 0 Å². The molecule has 2 aromatic carbocycles. The summed E-state index contributed by atoms with van der Waals surface area (Å²) in [6, 6.07) is 16.4. The van der Waals surface area contributed by atoms with Crippen molar-refractivity contribution in [1.82, 2.24) is 14.6 Å². The average molecular weight is 449 g/mol. The number of carbonyl (C=O) groups excluding carboxylic acids is 1. The Morgan fingerprint density at radius 1 is 1.09 bits per heavy atom. The van der Waals surface area contributed by atoms with Crippen LogP contribution in [0.3, 0.4) is 0 Å². The summed E-state index contributed by atoms with van der Waals surface area (Å²) in [4.78, 5) is 17.5. The van der Waals surface area contributed by atoms with E-state index in [1.54, 1.807) is 4.52 Å². The van der Waals surface area contributed by atoms with Crippen molar-refractivity contribution in [3.8, 4) is 17.0 Å². The summed E-state index contributed by atoms with van der Waals surface area (Å²) in [5.41, 5.74) is 4.62. The summed E-state index contributed by atoms with van der Waals surface area (Å²) < 4.78 is 7.54. The zero-order valence-electron chi connectivity index (χ0n) is 18.9. The Morgan fingerprint density at radius 3 is 2.50 bits per heavy atom. The minimum absolute atomic E-state index is 0.118. The highest BCUT2D eigenvalue weighted by molar-refractivity contribution is 7.15.